The summed E-state index contributed by atoms with van der Waals surface area (Å²) in [5.74, 6) is -1.11. The number of carbonyl (C=O) groups is 2. The molecule has 1 amide bonds. The van der Waals surface area contributed by atoms with Crippen LogP contribution in [-0.4, -0.2) is 45.3 Å². The van der Waals surface area contributed by atoms with Crippen LogP contribution in [0.4, 0.5) is 0 Å². The third kappa shape index (κ3) is 3.82. The number of aromatic nitrogens is 2. The van der Waals surface area contributed by atoms with Crippen molar-refractivity contribution >= 4 is 11.9 Å². The van der Waals surface area contributed by atoms with Gasteiger partial charge < -0.3 is 10.0 Å². The molecule has 0 fully saturated rings. The van der Waals surface area contributed by atoms with E-state index in [1.807, 2.05) is 32.5 Å². The molecule has 0 radical (unpaired) electrons. The lowest BCUT2D eigenvalue weighted by Crippen LogP contribution is -2.34. The van der Waals surface area contributed by atoms with Gasteiger partial charge in [0.2, 0.25) is 5.91 Å². The summed E-state index contributed by atoms with van der Waals surface area (Å²) in [5, 5.41) is 13.0. The Morgan fingerprint density at radius 1 is 1.40 bits per heavy atom. The molecule has 0 saturated carbocycles. The zero-order chi connectivity index (χ0) is 15.4. The Morgan fingerprint density at radius 3 is 2.45 bits per heavy atom. The maximum atomic E-state index is 12.2. The summed E-state index contributed by atoms with van der Waals surface area (Å²) in [5.41, 5.74) is 3.10. The lowest BCUT2D eigenvalue weighted by Gasteiger charge is -2.20. The maximum absolute atomic E-state index is 12.2. The molecule has 0 bridgehead atoms. The van der Waals surface area contributed by atoms with Crippen LogP contribution >= 0.6 is 0 Å². The fourth-order valence-corrected chi connectivity index (χ4v) is 2.26. The Kier molecular flexibility index (Phi) is 5.30. The first-order chi connectivity index (χ1) is 9.23. The van der Waals surface area contributed by atoms with E-state index in [1.165, 1.54) is 4.90 Å². The van der Waals surface area contributed by atoms with Gasteiger partial charge in [0.05, 0.1) is 12.1 Å². The van der Waals surface area contributed by atoms with Crippen LogP contribution < -0.4 is 0 Å². The van der Waals surface area contributed by atoms with Crippen LogP contribution in [0.2, 0.25) is 0 Å². The van der Waals surface area contributed by atoms with E-state index in [1.54, 1.807) is 7.05 Å². The molecule has 1 heterocycles. The molecule has 0 saturated heterocycles. The molecule has 1 aromatic heterocycles. The van der Waals surface area contributed by atoms with Crippen molar-refractivity contribution in [2.75, 3.05) is 13.6 Å². The standard InChI is InChI=1S/C14H23N3O3/c1-9(14(20)16(4)7-6-13(18)19)8-12-10(2)15-17(5)11(12)3/h9H,6-8H2,1-5H3,(H,18,19)/t9-/m1/s1. The fourth-order valence-electron chi connectivity index (χ4n) is 2.26. The Labute approximate surface area is 119 Å². The van der Waals surface area contributed by atoms with E-state index in [-0.39, 0.29) is 24.8 Å². The molecule has 6 nitrogen and oxygen atoms in total. The van der Waals surface area contributed by atoms with Crippen LogP contribution in [0.3, 0.4) is 0 Å². The highest BCUT2D eigenvalue weighted by Crippen LogP contribution is 2.18. The van der Waals surface area contributed by atoms with Gasteiger partial charge in [-0.1, -0.05) is 6.92 Å². The number of carboxylic acids is 1. The van der Waals surface area contributed by atoms with Crippen molar-refractivity contribution in [2.45, 2.75) is 33.6 Å². The molecule has 1 rings (SSSR count). The minimum absolute atomic E-state index is 0.0279. The molecular formula is C14H23N3O3. The van der Waals surface area contributed by atoms with Gasteiger partial charge in [0.25, 0.3) is 0 Å². The second-order valence-electron chi connectivity index (χ2n) is 5.28. The van der Waals surface area contributed by atoms with Gasteiger partial charge in [-0.15, -0.1) is 0 Å². The van der Waals surface area contributed by atoms with Crippen molar-refractivity contribution in [3.05, 3.63) is 17.0 Å². The number of amides is 1. The van der Waals surface area contributed by atoms with Crippen molar-refractivity contribution < 1.29 is 14.7 Å². The summed E-state index contributed by atoms with van der Waals surface area (Å²) in [6.07, 6.45) is 0.599. The predicted octanol–water partition coefficient (Wildman–Crippen LogP) is 1.15. The summed E-state index contributed by atoms with van der Waals surface area (Å²) in [4.78, 5) is 24.2. The highest BCUT2D eigenvalue weighted by atomic mass is 16.4. The van der Waals surface area contributed by atoms with E-state index in [4.69, 9.17) is 5.11 Å². The van der Waals surface area contributed by atoms with Crippen molar-refractivity contribution in [3.63, 3.8) is 0 Å². The van der Waals surface area contributed by atoms with E-state index in [0.717, 1.165) is 17.0 Å². The first kappa shape index (κ1) is 16.2. The smallest absolute Gasteiger partial charge is 0.305 e. The molecular weight excluding hydrogens is 258 g/mol. The van der Waals surface area contributed by atoms with Gasteiger partial charge >= 0.3 is 5.97 Å². The number of aliphatic carboxylic acids is 1. The van der Waals surface area contributed by atoms with Gasteiger partial charge in [-0.3, -0.25) is 14.3 Å². The molecule has 1 atom stereocenters. The van der Waals surface area contributed by atoms with Gasteiger partial charge in [0.15, 0.2) is 0 Å². The van der Waals surface area contributed by atoms with Crippen molar-refractivity contribution in [1.29, 1.82) is 0 Å². The van der Waals surface area contributed by atoms with E-state index in [9.17, 15) is 9.59 Å². The average Bonchev–Trinajstić information content (AvgIpc) is 2.61. The van der Waals surface area contributed by atoms with Gasteiger partial charge in [0.1, 0.15) is 0 Å². The number of rotatable bonds is 6. The lowest BCUT2D eigenvalue weighted by atomic mass is 9.98. The summed E-state index contributed by atoms with van der Waals surface area (Å²) >= 11 is 0. The molecule has 112 valence electrons. The van der Waals surface area contributed by atoms with Crippen LogP contribution in [-0.2, 0) is 23.1 Å². The zero-order valence-corrected chi connectivity index (χ0v) is 12.8. The molecule has 20 heavy (non-hydrogen) atoms. The van der Waals surface area contributed by atoms with Crippen LogP contribution in [0, 0.1) is 19.8 Å². The highest BCUT2D eigenvalue weighted by Gasteiger charge is 2.21. The van der Waals surface area contributed by atoms with Crippen molar-refractivity contribution in [3.8, 4) is 0 Å². The first-order valence-electron chi connectivity index (χ1n) is 6.69. The van der Waals surface area contributed by atoms with Gasteiger partial charge in [-0.25, -0.2) is 0 Å². The average molecular weight is 281 g/mol. The van der Waals surface area contributed by atoms with E-state index < -0.39 is 5.97 Å². The minimum atomic E-state index is -0.892. The quantitative estimate of drug-likeness (QED) is 0.848. The number of aryl methyl sites for hydroxylation is 2. The third-order valence-corrected chi connectivity index (χ3v) is 3.63. The number of nitrogens with zero attached hydrogens (tertiary/aromatic N) is 3. The number of hydrogen-bond donors (Lipinski definition) is 1. The van der Waals surface area contributed by atoms with Crippen LogP contribution in [0.25, 0.3) is 0 Å². The molecule has 0 spiro atoms. The van der Waals surface area contributed by atoms with Crippen LogP contribution in [0.1, 0.15) is 30.3 Å². The summed E-state index contributed by atoms with van der Waals surface area (Å²) < 4.78 is 1.82. The molecule has 0 aromatic carbocycles. The predicted molar refractivity (Wildman–Crippen MR) is 75.4 cm³/mol. The highest BCUT2D eigenvalue weighted by molar-refractivity contribution is 5.79. The van der Waals surface area contributed by atoms with E-state index in [2.05, 4.69) is 5.10 Å². The largest absolute Gasteiger partial charge is 0.481 e. The van der Waals surface area contributed by atoms with Gasteiger partial charge in [0, 0.05) is 32.3 Å². The fraction of sp³-hybridized carbons (Fsp3) is 0.643. The second-order valence-corrected chi connectivity index (χ2v) is 5.28. The number of carboxylic acid groups (broad SMARTS) is 1. The molecule has 1 aromatic rings. The monoisotopic (exact) mass is 281 g/mol. The summed E-state index contributed by atoms with van der Waals surface area (Å²) in [6.45, 7) is 6.03. The number of hydrogen-bond acceptors (Lipinski definition) is 3. The Bertz CT molecular complexity index is 508. The molecule has 0 aliphatic rings. The lowest BCUT2D eigenvalue weighted by molar-refractivity contribution is -0.138. The first-order valence-corrected chi connectivity index (χ1v) is 6.69. The molecule has 0 unspecified atom stereocenters. The van der Waals surface area contributed by atoms with Crippen LogP contribution in [0.5, 0.6) is 0 Å². The molecule has 0 aliphatic carbocycles. The van der Waals surface area contributed by atoms with E-state index in [0.29, 0.717) is 6.42 Å². The molecule has 0 aliphatic heterocycles. The van der Waals surface area contributed by atoms with Crippen LogP contribution in [0.15, 0.2) is 0 Å². The van der Waals surface area contributed by atoms with Gasteiger partial charge in [-0.05, 0) is 25.8 Å². The molecule has 1 N–H and O–H groups in total. The minimum Gasteiger partial charge on any atom is -0.481 e. The topological polar surface area (TPSA) is 75.4 Å². The van der Waals surface area contributed by atoms with E-state index >= 15 is 0 Å². The SMILES string of the molecule is Cc1nn(C)c(C)c1C[C@@H](C)C(=O)N(C)CCC(=O)O. The Balaban J connectivity index is 2.68. The van der Waals surface area contributed by atoms with Gasteiger partial charge in [-0.2, -0.15) is 5.10 Å². The second kappa shape index (κ2) is 6.54. The Morgan fingerprint density at radius 2 is 2.00 bits per heavy atom. The normalized spacial score (nSPS) is 12.2. The van der Waals surface area contributed by atoms with Crippen molar-refractivity contribution in [1.82, 2.24) is 14.7 Å². The zero-order valence-electron chi connectivity index (χ0n) is 12.8. The maximum Gasteiger partial charge on any atom is 0.305 e. The van der Waals surface area contributed by atoms with Crippen molar-refractivity contribution in [2.24, 2.45) is 13.0 Å². The third-order valence-electron chi connectivity index (χ3n) is 3.63. The summed E-state index contributed by atoms with van der Waals surface area (Å²) in [7, 11) is 3.53. The summed E-state index contributed by atoms with van der Waals surface area (Å²) in [6, 6.07) is 0. The Hall–Kier alpha value is -1.85. The molecule has 6 heteroatoms. The number of carbonyl (C=O) groups excluding carboxylic acids is 1.